The first-order chi connectivity index (χ1) is 17.7. The minimum Gasteiger partial charge on any atom is -0.321 e. The van der Waals surface area contributed by atoms with Crippen LogP contribution in [0.2, 0.25) is 5.02 Å². The van der Waals surface area contributed by atoms with Crippen molar-refractivity contribution in [2.75, 3.05) is 42.7 Å². The monoisotopic (exact) mass is 525 g/mol. The van der Waals surface area contributed by atoms with Crippen molar-refractivity contribution in [1.29, 1.82) is 0 Å². The fraction of sp³-hybridized carbons (Fsp3) is 0.259. The van der Waals surface area contributed by atoms with Crippen molar-refractivity contribution in [3.8, 4) is 0 Å². The highest BCUT2D eigenvalue weighted by atomic mass is 35.5. The summed E-state index contributed by atoms with van der Waals surface area (Å²) in [4.78, 5) is 45.8. The van der Waals surface area contributed by atoms with Crippen LogP contribution in [0.15, 0.2) is 60.8 Å². The third-order valence-electron chi connectivity index (χ3n) is 5.63. The number of hydrogen-bond donors (Lipinski definition) is 2. The zero-order chi connectivity index (χ0) is 26.9. The van der Waals surface area contributed by atoms with Crippen molar-refractivity contribution in [1.82, 2.24) is 9.88 Å². The minimum absolute atomic E-state index is 0.0630. The molecule has 3 rings (SSSR count). The largest absolute Gasteiger partial charge is 0.321 e. The molecule has 2 N–H and O–H groups in total. The minimum atomic E-state index is -0.663. The molecule has 0 atom stereocenters. The molecule has 8 nitrogen and oxygen atoms in total. The van der Waals surface area contributed by atoms with Crippen LogP contribution >= 0.6 is 11.6 Å². The molecule has 1 heterocycles. The van der Waals surface area contributed by atoms with Gasteiger partial charge in [-0.2, -0.15) is 0 Å². The highest BCUT2D eigenvalue weighted by Crippen LogP contribution is 2.21. The lowest BCUT2D eigenvalue weighted by Crippen LogP contribution is -2.37. The number of hydrogen-bond acceptors (Lipinski definition) is 5. The maximum absolute atomic E-state index is 13.9. The molecule has 0 aliphatic heterocycles. The van der Waals surface area contributed by atoms with Gasteiger partial charge in [0, 0.05) is 29.5 Å². The number of anilines is 3. The van der Waals surface area contributed by atoms with Gasteiger partial charge >= 0.3 is 0 Å². The molecule has 10 heteroatoms. The van der Waals surface area contributed by atoms with Gasteiger partial charge in [-0.15, -0.1) is 0 Å². The Morgan fingerprint density at radius 1 is 0.973 bits per heavy atom. The van der Waals surface area contributed by atoms with E-state index >= 15 is 0 Å². The van der Waals surface area contributed by atoms with Gasteiger partial charge in [-0.3, -0.25) is 19.3 Å². The first-order valence-corrected chi connectivity index (χ1v) is 12.1. The van der Waals surface area contributed by atoms with E-state index in [1.165, 1.54) is 23.2 Å². The van der Waals surface area contributed by atoms with Crippen molar-refractivity contribution in [3.63, 3.8) is 0 Å². The molecule has 0 aliphatic rings. The first kappa shape index (κ1) is 27.8. The SMILES string of the molecule is CCCCN(C)CC(=O)N(C)c1ccc(C(=O)Nc2ccc(F)cc2C(=O)Nc2cc(Cl)ccn2)cc1. The fourth-order valence-electron chi connectivity index (χ4n) is 3.49. The van der Waals surface area contributed by atoms with Gasteiger partial charge in [0.15, 0.2) is 0 Å². The smallest absolute Gasteiger partial charge is 0.259 e. The molecule has 3 amide bonds. The van der Waals surface area contributed by atoms with Gasteiger partial charge in [-0.1, -0.05) is 24.9 Å². The second-order valence-electron chi connectivity index (χ2n) is 8.55. The second kappa shape index (κ2) is 12.9. The Morgan fingerprint density at radius 2 is 1.70 bits per heavy atom. The summed E-state index contributed by atoms with van der Waals surface area (Å²) in [6.07, 6.45) is 3.50. The zero-order valence-electron chi connectivity index (χ0n) is 20.9. The number of unbranched alkanes of at least 4 members (excludes halogenated alkanes) is 1. The van der Waals surface area contributed by atoms with Crippen LogP contribution in [0.1, 0.15) is 40.5 Å². The molecule has 0 unspecified atom stereocenters. The molecular weight excluding hydrogens is 497 g/mol. The number of nitrogens with one attached hydrogen (secondary N) is 2. The molecule has 37 heavy (non-hydrogen) atoms. The third-order valence-corrected chi connectivity index (χ3v) is 5.86. The molecule has 0 radical (unpaired) electrons. The Bertz CT molecular complexity index is 1270. The number of amides is 3. The highest BCUT2D eigenvalue weighted by Gasteiger charge is 2.18. The number of benzene rings is 2. The summed E-state index contributed by atoms with van der Waals surface area (Å²) in [5, 5.41) is 5.56. The zero-order valence-corrected chi connectivity index (χ0v) is 21.7. The Hall–Kier alpha value is -3.82. The number of halogens is 2. The standard InChI is InChI=1S/C27H29ClFN5O3/c1-4-5-14-33(2)17-25(35)34(3)21-9-6-18(7-10-21)26(36)31-23-11-8-20(29)16-22(23)27(37)32-24-15-19(28)12-13-30-24/h6-13,15-16H,4-5,14,17H2,1-3H3,(H,31,36)(H,30,32,37). The van der Waals surface area contributed by atoms with Crippen molar-refractivity contribution in [2.45, 2.75) is 19.8 Å². The average molecular weight is 526 g/mol. The predicted molar refractivity (Wildman–Crippen MR) is 144 cm³/mol. The van der Waals surface area contributed by atoms with Crippen molar-refractivity contribution < 1.29 is 18.8 Å². The molecule has 0 aliphatic carbocycles. The van der Waals surface area contributed by atoms with Gasteiger partial charge < -0.3 is 15.5 Å². The summed E-state index contributed by atoms with van der Waals surface area (Å²) in [5.74, 6) is -1.68. The van der Waals surface area contributed by atoms with Crippen LogP contribution in [0.3, 0.4) is 0 Å². The molecule has 0 saturated carbocycles. The Morgan fingerprint density at radius 3 is 2.38 bits per heavy atom. The van der Waals surface area contributed by atoms with E-state index in [0.29, 0.717) is 22.8 Å². The quantitative estimate of drug-likeness (QED) is 0.385. The predicted octanol–water partition coefficient (Wildman–Crippen LogP) is 5.07. The maximum Gasteiger partial charge on any atom is 0.259 e. The van der Waals surface area contributed by atoms with E-state index in [1.807, 2.05) is 11.9 Å². The summed E-state index contributed by atoms with van der Waals surface area (Å²) < 4.78 is 13.9. The Balaban J connectivity index is 1.69. The average Bonchev–Trinajstić information content (AvgIpc) is 2.88. The molecule has 0 saturated heterocycles. The maximum atomic E-state index is 13.9. The first-order valence-electron chi connectivity index (χ1n) is 11.8. The van der Waals surface area contributed by atoms with Crippen LogP contribution in [-0.2, 0) is 4.79 Å². The summed E-state index contributed by atoms with van der Waals surface area (Å²) >= 11 is 5.92. The molecular formula is C27H29ClFN5O3. The lowest BCUT2D eigenvalue weighted by atomic mass is 10.1. The van der Waals surface area contributed by atoms with Crippen LogP contribution in [0.5, 0.6) is 0 Å². The number of carbonyl (C=O) groups excluding carboxylic acids is 3. The van der Waals surface area contributed by atoms with Crippen LogP contribution in [-0.4, -0.2) is 54.8 Å². The molecule has 0 bridgehead atoms. The van der Waals surface area contributed by atoms with Crippen LogP contribution in [0.25, 0.3) is 0 Å². The number of carbonyl (C=O) groups is 3. The van der Waals surface area contributed by atoms with Gasteiger partial charge in [-0.25, -0.2) is 9.37 Å². The molecule has 0 fully saturated rings. The number of rotatable bonds is 10. The van der Waals surface area contributed by atoms with E-state index in [-0.39, 0.29) is 23.0 Å². The van der Waals surface area contributed by atoms with Crippen LogP contribution in [0, 0.1) is 5.82 Å². The molecule has 0 spiro atoms. The van der Waals surface area contributed by atoms with E-state index < -0.39 is 17.6 Å². The van der Waals surface area contributed by atoms with Crippen molar-refractivity contribution >= 4 is 46.5 Å². The van der Waals surface area contributed by atoms with Gasteiger partial charge in [0.25, 0.3) is 11.8 Å². The molecule has 194 valence electrons. The summed E-state index contributed by atoms with van der Waals surface area (Å²) in [6.45, 7) is 3.23. The molecule has 3 aromatic rings. The van der Waals surface area contributed by atoms with Crippen molar-refractivity contribution in [2.24, 2.45) is 0 Å². The lowest BCUT2D eigenvalue weighted by molar-refractivity contribution is -0.119. The van der Waals surface area contributed by atoms with Gasteiger partial charge in [-0.05, 0) is 74.6 Å². The topological polar surface area (TPSA) is 94.6 Å². The van der Waals surface area contributed by atoms with E-state index in [2.05, 4.69) is 22.5 Å². The number of pyridine rings is 1. The number of likely N-dealkylation sites (N-methyl/N-ethyl adjacent to an activating group) is 2. The highest BCUT2D eigenvalue weighted by molar-refractivity contribution is 6.30. The van der Waals surface area contributed by atoms with E-state index in [9.17, 15) is 18.8 Å². The normalized spacial score (nSPS) is 10.8. The Kier molecular flexibility index (Phi) is 9.71. The van der Waals surface area contributed by atoms with Crippen molar-refractivity contribution in [3.05, 3.63) is 82.8 Å². The fourth-order valence-corrected chi connectivity index (χ4v) is 3.65. The summed E-state index contributed by atoms with van der Waals surface area (Å²) in [5.41, 5.74) is 0.986. The summed E-state index contributed by atoms with van der Waals surface area (Å²) in [6, 6.07) is 13.0. The summed E-state index contributed by atoms with van der Waals surface area (Å²) in [7, 11) is 3.59. The van der Waals surface area contributed by atoms with E-state index in [4.69, 9.17) is 11.6 Å². The van der Waals surface area contributed by atoms with Gasteiger partial charge in [0.05, 0.1) is 17.8 Å². The lowest BCUT2D eigenvalue weighted by Gasteiger charge is -2.22. The van der Waals surface area contributed by atoms with Gasteiger partial charge in [0.2, 0.25) is 5.91 Å². The van der Waals surface area contributed by atoms with E-state index in [0.717, 1.165) is 31.5 Å². The number of aromatic nitrogens is 1. The third kappa shape index (κ3) is 7.83. The van der Waals surface area contributed by atoms with E-state index in [1.54, 1.807) is 37.4 Å². The van der Waals surface area contributed by atoms with Crippen LogP contribution in [0.4, 0.5) is 21.6 Å². The second-order valence-corrected chi connectivity index (χ2v) is 8.98. The number of nitrogens with zero attached hydrogens (tertiary/aromatic N) is 3. The molecule has 2 aromatic carbocycles. The molecule has 1 aromatic heterocycles. The van der Waals surface area contributed by atoms with Crippen LogP contribution < -0.4 is 15.5 Å². The van der Waals surface area contributed by atoms with Gasteiger partial charge in [0.1, 0.15) is 11.6 Å². The Labute approximate surface area is 220 Å².